The van der Waals surface area contributed by atoms with Gasteiger partial charge in [-0.2, -0.15) is 0 Å². The van der Waals surface area contributed by atoms with Crippen LogP contribution >= 0.6 is 11.6 Å². The maximum atomic E-state index is 11.4. The second-order valence-electron chi connectivity index (χ2n) is 4.61. The van der Waals surface area contributed by atoms with Crippen LogP contribution in [-0.2, 0) is 17.8 Å². The molecule has 0 radical (unpaired) electrons. The standard InChI is InChI=1S/C15H13ClN2OS/c1-18-14-8-5-11(16)9-13(14)17-15(18)10-3-6-12(7-4-10)20(2)19/h3-9H,1-2H3/t20-/m1/s1. The first-order valence-corrected chi connectivity index (χ1v) is 8.06. The first kappa shape index (κ1) is 13.3. The lowest BCUT2D eigenvalue weighted by molar-refractivity contribution is 0.687. The normalized spacial score (nSPS) is 12.8. The predicted octanol–water partition coefficient (Wildman–Crippen LogP) is 3.63. The van der Waals surface area contributed by atoms with Gasteiger partial charge in [-0.1, -0.05) is 23.7 Å². The molecule has 5 heteroatoms. The number of aryl methyl sites for hydroxylation is 1. The molecule has 2 aromatic carbocycles. The highest BCUT2D eigenvalue weighted by Gasteiger charge is 2.10. The lowest BCUT2D eigenvalue weighted by Crippen LogP contribution is -1.93. The molecule has 1 atom stereocenters. The van der Waals surface area contributed by atoms with Gasteiger partial charge >= 0.3 is 0 Å². The van der Waals surface area contributed by atoms with Crippen LogP contribution in [0.15, 0.2) is 47.4 Å². The van der Waals surface area contributed by atoms with Crippen molar-refractivity contribution in [1.82, 2.24) is 9.55 Å². The van der Waals surface area contributed by atoms with Crippen molar-refractivity contribution in [3.63, 3.8) is 0 Å². The first-order chi connectivity index (χ1) is 9.56. The smallest absolute Gasteiger partial charge is 0.140 e. The second-order valence-corrected chi connectivity index (χ2v) is 6.42. The van der Waals surface area contributed by atoms with Crippen LogP contribution in [-0.4, -0.2) is 20.0 Å². The van der Waals surface area contributed by atoms with E-state index in [1.165, 1.54) is 0 Å². The minimum atomic E-state index is -0.961. The van der Waals surface area contributed by atoms with Crippen molar-refractivity contribution in [2.75, 3.05) is 6.26 Å². The highest BCUT2D eigenvalue weighted by Crippen LogP contribution is 2.26. The molecular weight excluding hydrogens is 292 g/mol. The summed E-state index contributed by atoms with van der Waals surface area (Å²) in [6, 6.07) is 13.3. The summed E-state index contributed by atoms with van der Waals surface area (Å²) in [6.07, 6.45) is 1.67. The minimum absolute atomic E-state index is 0.680. The molecule has 3 aromatic rings. The summed E-state index contributed by atoms with van der Waals surface area (Å²) >= 11 is 6.00. The zero-order chi connectivity index (χ0) is 14.3. The maximum absolute atomic E-state index is 11.4. The first-order valence-electron chi connectivity index (χ1n) is 6.12. The van der Waals surface area contributed by atoms with Gasteiger partial charge in [-0.15, -0.1) is 0 Å². The zero-order valence-corrected chi connectivity index (χ0v) is 12.7. The molecule has 1 heterocycles. The van der Waals surface area contributed by atoms with Gasteiger partial charge in [0.1, 0.15) is 5.82 Å². The quantitative estimate of drug-likeness (QED) is 0.724. The summed E-state index contributed by atoms with van der Waals surface area (Å²) in [4.78, 5) is 5.44. The highest BCUT2D eigenvalue weighted by atomic mass is 35.5. The Labute approximate surface area is 124 Å². The fourth-order valence-electron chi connectivity index (χ4n) is 2.23. The van der Waals surface area contributed by atoms with E-state index in [9.17, 15) is 4.21 Å². The van der Waals surface area contributed by atoms with E-state index in [2.05, 4.69) is 4.98 Å². The monoisotopic (exact) mass is 304 g/mol. The van der Waals surface area contributed by atoms with Crippen molar-refractivity contribution in [2.24, 2.45) is 7.05 Å². The Morgan fingerprint density at radius 3 is 2.50 bits per heavy atom. The lowest BCUT2D eigenvalue weighted by Gasteiger charge is -2.03. The molecule has 0 saturated heterocycles. The number of fused-ring (bicyclic) bond motifs is 1. The van der Waals surface area contributed by atoms with Gasteiger partial charge in [-0.3, -0.25) is 4.21 Å². The van der Waals surface area contributed by atoms with Crippen LogP contribution in [0.5, 0.6) is 0 Å². The van der Waals surface area contributed by atoms with E-state index in [0.29, 0.717) is 5.02 Å². The molecule has 1 aromatic heterocycles. The third kappa shape index (κ3) is 2.25. The van der Waals surface area contributed by atoms with Gasteiger partial charge < -0.3 is 4.57 Å². The average molecular weight is 305 g/mol. The Morgan fingerprint density at radius 2 is 1.85 bits per heavy atom. The SMILES string of the molecule is Cn1c(-c2ccc([S@@](C)=O)cc2)nc2cc(Cl)ccc21. The zero-order valence-electron chi connectivity index (χ0n) is 11.1. The molecule has 0 N–H and O–H groups in total. The Bertz CT molecular complexity index is 809. The summed E-state index contributed by atoms with van der Waals surface area (Å²) in [6.45, 7) is 0. The van der Waals surface area contributed by atoms with E-state index in [1.807, 2.05) is 54.1 Å². The van der Waals surface area contributed by atoms with Crippen molar-refractivity contribution in [1.29, 1.82) is 0 Å². The predicted molar refractivity (Wildman–Crippen MR) is 83.5 cm³/mol. The maximum Gasteiger partial charge on any atom is 0.140 e. The summed E-state index contributed by atoms with van der Waals surface area (Å²) in [5.74, 6) is 0.871. The largest absolute Gasteiger partial charge is 0.327 e. The molecule has 0 aliphatic carbocycles. The molecule has 0 amide bonds. The number of benzene rings is 2. The van der Waals surface area contributed by atoms with E-state index in [1.54, 1.807) is 6.26 Å². The molecular formula is C15H13ClN2OS. The van der Waals surface area contributed by atoms with Crippen molar-refractivity contribution < 1.29 is 4.21 Å². The molecule has 102 valence electrons. The van der Waals surface area contributed by atoms with E-state index in [4.69, 9.17) is 11.6 Å². The highest BCUT2D eigenvalue weighted by molar-refractivity contribution is 7.84. The average Bonchev–Trinajstić information content (AvgIpc) is 2.75. The van der Waals surface area contributed by atoms with Crippen LogP contribution in [0, 0.1) is 0 Å². The molecule has 0 bridgehead atoms. The summed E-state index contributed by atoms with van der Waals surface area (Å²) in [5.41, 5.74) is 2.90. The minimum Gasteiger partial charge on any atom is -0.327 e. The number of aromatic nitrogens is 2. The molecule has 0 aliphatic heterocycles. The topological polar surface area (TPSA) is 34.9 Å². The van der Waals surface area contributed by atoms with Gasteiger partial charge in [0.2, 0.25) is 0 Å². The van der Waals surface area contributed by atoms with Crippen molar-refractivity contribution in [3.05, 3.63) is 47.5 Å². The summed E-state index contributed by atoms with van der Waals surface area (Å²) in [7, 11) is 1.02. The van der Waals surface area contributed by atoms with Crippen LogP contribution in [0.3, 0.4) is 0 Å². The van der Waals surface area contributed by atoms with E-state index < -0.39 is 10.8 Å². The van der Waals surface area contributed by atoms with Crippen LogP contribution in [0.4, 0.5) is 0 Å². The van der Waals surface area contributed by atoms with Crippen LogP contribution in [0.25, 0.3) is 22.4 Å². The number of imidazole rings is 1. The number of rotatable bonds is 2. The molecule has 0 aliphatic rings. The van der Waals surface area contributed by atoms with Gasteiger partial charge in [0.25, 0.3) is 0 Å². The lowest BCUT2D eigenvalue weighted by atomic mass is 10.2. The van der Waals surface area contributed by atoms with Crippen molar-refractivity contribution in [3.8, 4) is 11.4 Å². The Morgan fingerprint density at radius 1 is 1.15 bits per heavy atom. The van der Waals surface area contributed by atoms with E-state index >= 15 is 0 Å². The van der Waals surface area contributed by atoms with Crippen LogP contribution in [0.1, 0.15) is 0 Å². The third-order valence-corrected chi connectivity index (χ3v) is 4.46. The Hall–Kier alpha value is -1.65. The van der Waals surface area contributed by atoms with Crippen molar-refractivity contribution >= 4 is 33.4 Å². The number of halogens is 1. The molecule has 3 rings (SSSR count). The fourth-order valence-corrected chi connectivity index (χ4v) is 2.91. The molecule has 0 fully saturated rings. The molecule has 0 saturated carbocycles. The molecule has 0 spiro atoms. The number of hydrogen-bond donors (Lipinski definition) is 0. The van der Waals surface area contributed by atoms with Gasteiger partial charge in [0.15, 0.2) is 0 Å². The van der Waals surface area contributed by atoms with Crippen LogP contribution < -0.4 is 0 Å². The number of hydrogen-bond acceptors (Lipinski definition) is 2. The van der Waals surface area contributed by atoms with Gasteiger partial charge in [-0.25, -0.2) is 4.98 Å². The second kappa shape index (κ2) is 5.04. The summed E-state index contributed by atoms with van der Waals surface area (Å²) in [5, 5.41) is 0.680. The van der Waals surface area contributed by atoms with E-state index in [-0.39, 0.29) is 0 Å². The molecule has 20 heavy (non-hydrogen) atoms. The fraction of sp³-hybridized carbons (Fsp3) is 0.133. The van der Waals surface area contributed by atoms with Crippen LogP contribution in [0.2, 0.25) is 5.02 Å². The number of nitrogens with zero attached hydrogens (tertiary/aromatic N) is 2. The van der Waals surface area contributed by atoms with E-state index in [0.717, 1.165) is 27.3 Å². The third-order valence-electron chi connectivity index (χ3n) is 3.29. The molecule has 3 nitrogen and oxygen atoms in total. The van der Waals surface area contributed by atoms with Gasteiger partial charge in [-0.05, 0) is 30.3 Å². The Balaban J connectivity index is 2.14. The van der Waals surface area contributed by atoms with Gasteiger partial charge in [0, 0.05) is 39.6 Å². The summed E-state index contributed by atoms with van der Waals surface area (Å²) < 4.78 is 13.4. The van der Waals surface area contributed by atoms with Crippen molar-refractivity contribution in [2.45, 2.75) is 4.90 Å². The van der Waals surface area contributed by atoms with Gasteiger partial charge in [0.05, 0.1) is 11.0 Å². The molecule has 0 unspecified atom stereocenters. The Kier molecular flexibility index (Phi) is 3.36.